The molecule has 0 unspecified atom stereocenters. The lowest BCUT2D eigenvalue weighted by Crippen LogP contribution is -2.09. The standard InChI is InChI=1S/C11H8ClF3N2/c12-7-2-1-5-17-8(6-3-4-6)9(11(13,14)15)16-10(7)17/h1-2,5-6H,3-4H2. The molecular formula is C11H8ClF3N2. The average molecular weight is 261 g/mol. The van der Waals surface area contributed by atoms with Crippen LogP contribution in [0.25, 0.3) is 5.65 Å². The average Bonchev–Trinajstić information content (AvgIpc) is 2.98. The number of rotatable bonds is 1. The Morgan fingerprint density at radius 3 is 2.65 bits per heavy atom. The molecule has 1 aliphatic carbocycles. The number of pyridine rings is 1. The predicted octanol–water partition coefficient (Wildman–Crippen LogP) is 3.88. The van der Waals surface area contributed by atoms with Crippen LogP contribution in [-0.4, -0.2) is 9.38 Å². The Labute approximate surface area is 100 Å². The van der Waals surface area contributed by atoms with Gasteiger partial charge in [0.25, 0.3) is 0 Å². The second kappa shape index (κ2) is 3.38. The molecule has 3 rings (SSSR count). The normalized spacial score (nSPS) is 16.7. The first-order chi connectivity index (χ1) is 7.98. The second-order valence-corrected chi connectivity index (χ2v) is 4.57. The zero-order valence-corrected chi connectivity index (χ0v) is 9.39. The van der Waals surface area contributed by atoms with Crippen LogP contribution in [0.4, 0.5) is 13.2 Å². The fraction of sp³-hybridized carbons (Fsp3) is 0.364. The van der Waals surface area contributed by atoms with Crippen molar-refractivity contribution in [3.05, 3.63) is 34.7 Å². The molecule has 1 saturated carbocycles. The van der Waals surface area contributed by atoms with Gasteiger partial charge in [-0.15, -0.1) is 0 Å². The molecule has 2 nitrogen and oxygen atoms in total. The van der Waals surface area contributed by atoms with Crippen LogP contribution < -0.4 is 0 Å². The van der Waals surface area contributed by atoms with Crippen LogP contribution in [0.3, 0.4) is 0 Å². The molecule has 0 amide bonds. The monoisotopic (exact) mass is 260 g/mol. The van der Waals surface area contributed by atoms with Gasteiger partial charge in [-0.2, -0.15) is 13.2 Å². The fourth-order valence-electron chi connectivity index (χ4n) is 2.01. The summed E-state index contributed by atoms with van der Waals surface area (Å²) in [6.45, 7) is 0. The van der Waals surface area contributed by atoms with Crippen LogP contribution in [0.5, 0.6) is 0 Å². The topological polar surface area (TPSA) is 17.3 Å². The molecular weight excluding hydrogens is 253 g/mol. The highest BCUT2D eigenvalue weighted by Gasteiger charge is 2.42. The fourth-order valence-corrected chi connectivity index (χ4v) is 2.21. The van der Waals surface area contributed by atoms with Gasteiger partial charge in [-0.3, -0.25) is 0 Å². The Hall–Kier alpha value is -1.23. The van der Waals surface area contributed by atoms with Gasteiger partial charge in [-0.1, -0.05) is 11.6 Å². The maximum Gasteiger partial charge on any atom is 0.435 e. The SMILES string of the molecule is FC(F)(F)c1nc2c(Cl)cccn2c1C1CC1. The first kappa shape index (κ1) is 10.9. The molecule has 6 heteroatoms. The van der Waals surface area contributed by atoms with Gasteiger partial charge >= 0.3 is 6.18 Å². The van der Waals surface area contributed by atoms with Crippen molar-refractivity contribution < 1.29 is 13.2 Å². The van der Waals surface area contributed by atoms with Crippen molar-refractivity contribution in [3.63, 3.8) is 0 Å². The van der Waals surface area contributed by atoms with Gasteiger partial charge < -0.3 is 4.40 Å². The molecule has 17 heavy (non-hydrogen) atoms. The van der Waals surface area contributed by atoms with Gasteiger partial charge in [-0.05, 0) is 25.0 Å². The van der Waals surface area contributed by atoms with E-state index in [2.05, 4.69) is 4.98 Å². The van der Waals surface area contributed by atoms with Gasteiger partial charge in [0, 0.05) is 12.1 Å². The van der Waals surface area contributed by atoms with Crippen LogP contribution in [0.1, 0.15) is 30.1 Å². The minimum Gasteiger partial charge on any atom is -0.302 e. The molecule has 0 aliphatic heterocycles. The van der Waals surface area contributed by atoms with E-state index in [9.17, 15) is 13.2 Å². The Morgan fingerprint density at radius 2 is 2.06 bits per heavy atom. The van der Waals surface area contributed by atoms with E-state index in [4.69, 9.17) is 11.6 Å². The highest BCUT2D eigenvalue weighted by atomic mass is 35.5. The lowest BCUT2D eigenvalue weighted by molar-refractivity contribution is -0.141. The molecule has 2 heterocycles. The summed E-state index contributed by atoms with van der Waals surface area (Å²) in [5.74, 6) is -0.0416. The number of aromatic nitrogens is 2. The van der Waals surface area contributed by atoms with Gasteiger partial charge in [0.1, 0.15) is 0 Å². The van der Waals surface area contributed by atoms with Crippen LogP contribution in [-0.2, 0) is 6.18 Å². The lowest BCUT2D eigenvalue weighted by Gasteiger charge is -2.06. The third kappa shape index (κ3) is 1.69. The van der Waals surface area contributed by atoms with Gasteiger partial charge in [0.2, 0.25) is 0 Å². The predicted molar refractivity (Wildman–Crippen MR) is 57.2 cm³/mol. The molecule has 0 saturated heterocycles. The van der Waals surface area contributed by atoms with Crippen molar-refractivity contribution >= 4 is 17.2 Å². The van der Waals surface area contributed by atoms with E-state index in [1.165, 1.54) is 4.40 Å². The summed E-state index contributed by atoms with van der Waals surface area (Å²) < 4.78 is 40.1. The molecule has 0 radical (unpaired) electrons. The van der Waals surface area contributed by atoms with Crippen molar-refractivity contribution in [1.82, 2.24) is 9.38 Å². The molecule has 0 bridgehead atoms. The Bertz CT molecular complexity index is 584. The molecule has 0 aromatic carbocycles. The van der Waals surface area contributed by atoms with Crippen molar-refractivity contribution in [2.45, 2.75) is 24.9 Å². The van der Waals surface area contributed by atoms with Gasteiger partial charge in [0.15, 0.2) is 11.3 Å². The van der Waals surface area contributed by atoms with Crippen LogP contribution in [0.15, 0.2) is 18.3 Å². The molecule has 0 spiro atoms. The van der Waals surface area contributed by atoms with Gasteiger partial charge in [0.05, 0.1) is 10.7 Å². The van der Waals surface area contributed by atoms with E-state index in [0.717, 1.165) is 12.8 Å². The number of imidazole rings is 1. The summed E-state index contributed by atoms with van der Waals surface area (Å²) in [6.07, 6.45) is -1.28. The number of halogens is 4. The Balaban J connectivity index is 2.34. The van der Waals surface area contributed by atoms with Crippen LogP contribution in [0, 0.1) is 0 Å². The van der Waals surface area contributed by atoms with Crippen LogP contribution in [0.2, 0.25) is 5.02 Å². The largest absolute Gasteiger partial charge is 0.435 e. The van der Waals surface area contributed by atoms with E-state index in [1.54, 1.807) is 18.3 Å². The number of fused-ring (bicyclic) bond motifs is 1. The maximum absolute atomic E-state index is 12.9. The number of hydrogen-bond donors (Lipinski definition) is 0. The number of nitrogens with zero attached hydrogens (tertiary/aromatic N) is 2. The lowest BCUT2D eigenvalue weighted by atomic mass is 10.2. The van der Waals surface area contributed by atoms with E-state index >= 15 is 0 Å². The van der Waals surface area contributed by atoms with Crippen molar-refractivity contribution in [2.75, 3.05) is 0 Å². The minimum absolute atomic E-state index is 0.0416. The summed E-state index contributed by atoms with van der Waals surface area (Å²) in [5.41, 5.74) is -0.369. The summed E-state index contributed by atoms with van der Waals surface area (Å²) in [7, 11) is 0. The number of alkyl halides is 3. The summed E-state index contributed by atoms with van der Waals surface area (Å²) >= 11 is 5.87. The van der Waals surface area contributed by atoms with Gasteiger partial charge in [-0.25, -0.2) is 4.98 Å². The molecule has 0 atom stereocenters. The van der Waals surface area contributed by atoms with Crippen molar-refractivity contribution in [1.29, 1.82) is 0 Å². The summed E-state index contributed by atoms with van der Waals surface area (Å²) in [4.78, 5) is 3.65. The zero-order valence-electron chi connectivity index (χ0n) is 8.63. The first-order valence-electron chi connectivity index (χ1n) is 5.22. The third-order valence-corrected chi connectivity index (χ3v) is 3.17. The zero-order chi connectivity index (χ0) is 12.2. The molecule has 2 aromatic rings. The smallest absolute Gasteiger partial charge is 0.302 e. The van der Waals surface area contributed by atoms with Crippen molar-refractivity contribution in [3.8, 4) is 0 Å². The molecule has 0 N–H and O–H groups in total. The number of hydrogen-bond acceptors (Lipinski definition) is 1. The highest BCUT2D eigenvalue weighted by Crippen LogP contribution is 2.46. The molecule has 2 aromatic heterocycles. The van der Waals surface area contributed by atoms with E-state index < -0.39 is 11.9 Å². The second-order valence-electron chi connectivity index (χ2n) is 4.17. The Morgan fingerprint density at radius 1 is 1.35 bits per heavy atom. The molecule has 1 aliphatic rings. The first-order valence-corrected chi connectivity index (χ1v) is 5.60. The minimum atomic E-state index is -4.42. The van der Waals surface area contributed by atoms with E-state index in [1.807, 2.05) is 0 Å². The summed E-state index contributed by atoms with van der Waals surface area (Å²) in [5, 5.41) is 0.241. The Kier molecular flexibility index (Phi) is 2.17. The quantitative estimate of drug-likeness (QED) is 0.760. The van der Waals surface area contributed by atoms with E-state index in [0.29, 0.717) is 0 Å². The molecule has 1 fully saturated rings. The molecule has 90 valence electrons. The van der Waals surface area contributed by atoms with Crippen LogP contribution >= 0.6 is 11.6 Å². The van der Waals surface area contributed by atoms with Crippen molar-refractivity contribution in [2.24, 2.45) is 0 Å². The van der Waals surface area contributed by atoms with E-state index in [-0.39, 0.29) is 22.3 Å². The summed E-state index contributed by atoms with van der Waals surface area (Å²) in [6, 6.07) is 3.17. The maximum atomic E-state index is 12.9. The highest BCUT2D eigenvalue weighted by molar-refractivity contribution is 6.33. The third-order valence-electron chi connectivity index (χ3n) is 2.87.